The lowest BCUT2D eigenvalue weighted by Crippen LogP contribution is -2.45. The molecule has 0 aromatic heterocycles. The summed E-state index contributed by atoms with van der Waals surface area (Å²) in [6.07, 6.45) is 1.16. The molecule has 1 heterocycles. The maximum absolute atomic E-state index is 5.46. The first-order valence-electron chi connectivity index (χ1n) is 7.82. The molecule has 4 nitrogen and oxygen atoms in total. The number of benzene rings is 1. The van der Waals surface area contributed by atoms with Gasteiger partial charge in [0.1, 0.15) is 0 Å². The van der Waals surface area contributed by atoms with Crippen LogP contribution in [0.5, 0.6) is 11.5 Å². The molecule has 0 unspecified atom stereocenters. The van der Waals surface area contributed by atoms with Gasteiger partial charge in [0.25, 0.3) is 0 Å². The van der Waals surface area contributed by atoms with E-state index in [-0.39, 0.29) is 24.8 Å². The van der Waals surface area contributed by atoms with Gasteiger partial charge < -0.3 is 14.8 Å². The summed E-state index contributed by atoms with van der Waals surface area (Å²) in [5.41, 5.74) is 1.32. The lowest BCUT2D eigenvalue weighted by Gasteiger charge is -2.36. The second-order valence-corrected chi connectivity index (χ2v) is 6.05. The molecule has 6 heteroatoms. The van der Waals surface area contributed by atoms with Crippen molar-refractivity contribution in [3.05, 3.63) is 23.8 Å². The van der Waals surface area contributed by atoms with Gasteiger partial charge in [0, 0.05) is 32.2 Å². The van der Waals surface area contributed by atoms with E-state index in [4.69, 9.17) is 9.47 Å². The standard InChI is InChI=1S/C17H28N2O2.2ClH/c1-13(2)11-15(19-9-7-18-8-10-19)14-5-6-16(20-3)17(12-14)21-4;;/h5-6,12-13,15,18H,7-11H2,1-4H3;2*1H/t15-;;/m1../s1. The molecule has 1 aliphatic heterocycles. The van der Waals surface area contributed by atoms with Crippen LogP contribution in [-0.4, -0.2) is 45.3 Å². The van der Waals surface area contributed by atoms with Gasteiger partial charge in [-0.1, -0.05) is 19.9 Å². The first-order valence-corrected chi connectivity index (χ1v) is 7.82. The Morgan fingerprint density at radius 3 is 2.17 bits per heavy atom. The Morgan fingerprint density at radius 1 is 1.04 bits per heavy atom. The Bertz CT molecular complexity index is 452. The van der Waals surface area contributed by atoms with Crippen LogP contribution in [0.2, 0.25) is 0 Å². The summed E-state index contributed by atoms with van der Waals surface area (Å²) in [6, 6.07) is 6.78. The van der Waals surface area contributed by atoms with Crippen LogP contribution >= 0.6 is 24.8 Å². The number of hydrogen-bond acceptors (Lipinski definition) is 4. The van der Waals surface area contributed by atoms with Crippen molar-refractivity contribution in [2.24, 2.45) is 5.92 Å². The zero-order valence-electron chi connectivity index (χ0n) is 14.5. The van der Waals surface area contributed by atoms with E-state index >= 15 is 0 Å². The van der Waals surface area contributed by atoms with Crippen molar-refractivity contribution in [2.75, 3.05) is 40.4 Å². The van der Waals surface area contributed by atoms with E-state index in [0.29, 0.717) is 12.0 Å². The maximum atomic E-state index is 5.46. The minimum Gasteiger partial charge on any atom is -0.493 e. The van der Waals surface area contributed by atoms with Crippen LogP contribution in [0.3, 0.4) is 0 Å². The molecule has 0 saturated carbocycles. The average molecular weight is 365 g/mol. The molecule has 1 N–H and O–H groups in total. The van der Waals surface area contributed by atoms with E-state index in [9.17, 15) is 0 Å². The summed E-state index contributed by atoms with van der Waals surface area (Å²) in [5, 5.41) is 3.43. The molecule has 0 radical (unpaired) electrons. The fraction of sp³-hybridized carbons (Fsp3) is 0.647. The summed E-state index contributed by atoms with van der Waals surface area (Å²) in [5.74, 6) is 2.28. The number of halogens is 2. The largest absolute Gasteiger partial charge is 0.493 e. The highest BCUT2D eigenvalue weighted by molar-refractivity contribution is 5.85. The first kappa shape index (κ1) is 22.3. The van der Waals surface area contributed by atoms with E-state index in [0.717, 1.165) is 44.1 Å². The number of methoxy groups -OCH3 is 2. The molecular formula is C17H30Cl2N2O2. The van der Waals surface area contributed by atoms with Crippen LogP contribution in [0.15, 0.2) is 18.2 Å². The lowest BCUT2D eigenvalue weighted by molar-refractivity contribution is 0.154. The van der Waals surface area contributed by atoms with E-state index in [1.807, 2.05) is 6.07 Å². The SMILES string of the molecule is COc1ccc([C@@H](CC(C)C)N2CCNCC2)cc1OC.Cl.Cl. The molecule has 1 aromatic carbocycles. The van der Waals surface area contributed by atoms with E-state index in [1.165, 1.54) is 5.56 Å². The zero-order chi connectivity index (χ0) is 15.2. The van der Waals surface area contributed by atoms with Gasteiger partial charge in [-0.15, -0.1) is 24.8 Å². The summed E-state index contributed by atoms with van der Waals surface area (Å²) < 4.78 is 10.8. The van der Waals surface area contributed by atoms with Crippen molar-refractivity contribution in [2.45, 2.75) is 26.3 Å². The highest BCUT2D eigenvalue weighted by atomic mass is 35.5. The average Bonchev–Trinajstić information content (AvgIpc) is 2.52. The van der Waals surface area contributed by atoms with Gasteiger partial charge in [0.05, 0.1) is 14.2 Å². The Kier molecular flexibility index (Phi) is 10.7. The molecule has 0 spiro atoms. The highest BCUT2D eigenvalue weighted by Gasteiger charge is 2.24. The normalized spacial score (nSPS) is 16.2. The molecule has 0 amide bonds. The summed E-state index contributed by atoms with van der Waals surface area (Å²) in [4.78, 5) is 2.58. The first-order chi connectivity index (χ1) is 10.2. The molecule has 1 aliphatic rings. The quantitative estimate of drug-likeness (QED) is 0.836. The predicted molar refractivity (Wildman–Crippen MR) is 101 cm³/mol. The van der Waals surface area contributed by atoms with Crippen LogP contribution in [0, 0.1) is 5.92 Å². The molecule has 23 heavy (non-hydrogen) atoms. The Morgan fingerprint density at radius 2 is 1.65 bits per heavy atom. The predicted octanol–water partition coefficient (Wildman–Crippen LogP) is 3.54. The molecule has 2 rings (SSSR count). The number of ether oxygens (including phenoxy) is 2. The van der Waals surface area contributed by atoms with Crippen molar-refractivity contribution in [1.29, 1.82) is 0 Å². The third-order valence-electron chi connectivity index (χ3n) is 4.08. The minimum atomic E-state index is 0. The number of piperazine rings is 1. The second-order valence-electron chi connectivity index (χ2n) is 6.05. The van der Waals surface area contributed by atoms with Crippen LogP contribution in [0.1, 0.15) is 31.9 Å². The van der Waals surface area contributed by atoms with Crippen LogP contribution in [0.4, 0.5) is 0 Å². The van der Waals surface area contributed by atoms with Gasteiger partial charge in [0.2, 0.25) is 0 Å². The van der Waals surface area contributed by atoms with Crippen molar-refractivity contribution in [3.8, 4) is 11.5 Å². The Hall–Kier alpha value is -0.680. The van der Waals surface area contributed by atoms with Gasteiger partial charge in [-0.05, 0) is 30.0 Å². The van der Waals surface area contributed by atoms with Crippen molar-refractivity contribution >= 4 is 24.8 Å². The smallest absolute Gasteiger partial charge is 0.161 e. The van der Waals surface area contributed by atoms with E-state index in [2.05, 4.69) is 36.2 Å². The molecule has 1 aromatic rings. The number of nitrogens with zero attached hydrogens (tertiary/aromatic N) is 1. The van der Waals surface area contributed by atoms with Crippen LogP contribution in [0.25, 0.3) is 0 Å². The van der Waals surface area contributed by atoms with Gasteiger partial charge >= 0.3 is 0 Å². The Balaban J connectivity index is 0.00000242. The third kappa shape index (κ3) is 6.03. The minimum absolute atomic E-state index is 0. The molecule has 1 saturated heterocycles. The van der Waals surface area contributed by atoms with E-state index < -0.39 is 0 Å². The third-order valence-corrected chi connectivity index (χ3v) is 4.08. The van der Waals surface area contributed by atoms with Crippen molar-refractivity contribution < 1.29 is 9.47 Å². The molecule has 0 bridgehead atoms. The number of rotatable bonds is 6. The van der Waals surface area contributed by atoms with Crippen molar-refractivity contribution in [1.82, 2.24) is 10.2 Å². The Labute approximate surface area is 152 Å². The second kappa shape index (κ2) is 11.0. The fourth-order valence-corrected chi connectivity index (χ4v) is 3.00. The van der Waals surface area contributed by atoms with E-state index in [1.54, 1.807) is 14.2 Å². The van der Waals surface area contributed by atoms with Gasteiger partial charge in [0.15, 0.2) is 11.5 Å². The van der Waals surface area contributed by atoms with Crippen molar-refractivity contribution in [3.63, 3.8) is 0 Å². The number of nitrogens with one attached hydrogen (secondary N) is 1. The van der Waals surface area contributed by atoms with Crippen LogP contribution in [-0.2, 0) is 0 Å². The molecule has 1 fully saturated rings. The zero-order valence-corrected chi connectivity index (χ0v) is 16.1. The molecule has 1 atom stereocenters. The molecule has 0 aliphatic carbocycles. The lowest BCUT2D eigenvalue weighted by atomic mass is 9.94. The highest BCUT2D eigenvalue weighted by Crippen LogP contribution is 2.34. The topological polar surface area (TPSA) is 33.7 Å². The van der Waals surface area contributed by atoms with Gasteiger partial charge in [-0.25, -0.2) is 0 Å². The summed E-state index contributed by atoms with van der Waals surface area (Å²) in [6.45, 7) is 8.92. The molecular weight excluding hydrogens is 335 g/mol. The monoisotopic (exact) mass is 364 g/mol. The van der Waals surface area contributed by atoms with Crippen LogP contribution < -0.4 is 14.8 Å². The number of hydrogen-bond donors (Lipinski definition) is 1. The fourth-order valence-electron chi connectivity index (χ4n) is 3.00. The van der Waals surface area contributed by atoms with Gasteiger partial charge in [-0.2, -0.15) is 0 Å². The molecule has 134 valence electrons. The summed E-state index contributed by atoms with van der Waals surface area (Å²) >= 11 is 0. The van der Waals surface area contributed by atoms with Gasteiger partial charge in [-0.3, -0.25) is 4.90 Å². The maximum Gasteiger partial charge on any atom is 0.161 e. The summed E-state index contributed by atoms with van der Waals surface area (Å²) in [7, 11) is 3.38.